The van der Waals surface area contributed by atoms with Gasteiger partial charge in [-0.25, -0.2) is 0 Å². The molecule has 0 aliphatic carbocycles. The molecule has 0 radical (unpaired) electrons. The summed E-state index contributed by atoms with van der Waals surface area (Å²) in [6.45, 7) is 6.28. The Bertz CT molecular complexity index is 341. The van der Waals surface area contributed by atoms with Gasteiger partial charge in [0.05, 0.1) is 6.10 Å². The minimum absolute atomic E-state index is 0.226. The Labute approximate surface area is 103 Å². The van der Waals surface area contributed by atoms with E-state index in [2.05, 4.69) is 26.1 Å². The fraction of sp³-hybridized carbons (Fsp3) is 0.538. The second kappa shape index (κ2) is 6.12. The summed E-state index contributed by atoms with van der Waals surface area (Å²) in [5, 5.41) is 3.95. The van der Waals surface area contributed by atoms with Crippen LogP contribution in [0.3, 0.4) is 0 Å². The SMILES string of the molecule is CCC(C)Oc1ccc(Cl)cc1C(C)NC. The number of rotatable bonds is 5. The molecule has 90 valence electrons. The minimum atomic E-state index is 0.226. The largest absolute Gasteiger partial charge is 0.490 e. The first-order valence-corrected chi connectivity index (χ1v) is 6.09. The molecule has 0 aliphatic heterocycles. The van der Waals surface area contributed by atoms with E-state index in [0.717, 1.165) is 22.8 Å². The lowest BCUT2D eigenvalue weighted by molar-refractivity contribution is 0.214. The van der Waals surface area contributed by atoms with Crippen LogP contribution in [0.5, 0.6) is 5.75 Å². The maximum absolute atomic E-state index is 6.00. The van der Waals surface area contributed by atoms with Crippen molar-refractivity contribution in [2.75, 3.05) is 7.05 Å². The lowest BCUT2D eigenvalue weighted by Gasteiger charge is -2.19. The molecule has 2 atom stereocenters. The van der Waals surface area contributed by atoms with E-state index in [1.165, 1.54) is 0 Å². The van der Waals surface area contributed by atoms with Gasteiger partial charge in [-0.15, -0.1) is 0 Å². The van der Waals surface area contributed by atoms with Gasteiger partial charge in [-0.2, -0.15) is 0 Å². The molecular weight excluding hydrogens is 222 g/mol. The highest BCUT2D eigenvalue weighted by Crippen LogP contribution is 2.29. The Kier molecular flexibility index (Phi) is 5.10. The Hall–Kier alpha value is -0.730. The van der Waals surface area contributed by atoms with Crippen LogP contribution in [-0.4, -0.2) is 13.2 Å². The molecule has 2 nitrogen and oxygen atoms in total. The first kappa shape index (κ1) is 13.3. The van der Waals surface area contributed by atoms with Crippen molar-refractivity contribution in [2.45, 2.75) is 39.3 Å². The van der Waals surface area contributed by atoms with Crippen LogP contribution in [0, 0.1) is 0 Å². The Morgan fingerprint density at radius 1 is 1.38 bits per heavy atom. The van der Waals surface area contributed by atoms with Gasteiger partial charge in [0, 0.05) is 16.6 Å². The second-order valence-electron chi connectivity index (χ2n) is 4.03. The molecule has 1 N–H and O–H groups in total. The van der Waals surface area contributed by atoms with Crippen molar-refractivity contribution in [3.05, 3.63) is 28.8 Å². The van der Waals surface area contributed by atoms with Gasteiger partial charge in [-0.3, -0.25) is 0 Å². The maximum Gasteiger partial charge on any atom is 0.124 e. The standard InChI is InChI=1S/C13H20ClNO/c1-5-9(2)16-13-7-6-11(14)8-12(13)10(3)15-4/h6-10,15H,5H2,1-4H3. The zero-order valence-corrected chi connectivity index (χ0v) is 11.1. The van der Waals surface area contributed by atoms with Gasteiger partial charge >= 0.3 is 0 Å². The van der Waals surface area contributed by atoms with Crippen molar-refractivity contribution >= 4 is 11.6 Å². The van der Waals surface area contributed by atoms with E-state index in [9.17, 15) is 0 Å². The average Bonchev–Trinajstić information content (AvgIpc) is 2.30. The number of ether oxygens (including phenoxy) is 1. The zero-order chi connectivity index (χ0) is 12.1. The fourth-order valence-electron chi connectivity index (χ4n) is 1.42. The minimum Gasteiger partial charge on any atom is -0.490 e. The smallest absolute Gasteiger partial charge is 0.124 e. The summed E-state index contributed by atoms with van der Waals surface area (Å²) in [6.07, 6.45) is 1.22. The molecule has 0 aromatic heterocycles. The first-order chi connectivity index (χ1) is 7.58. The number of halogens is 1. The Balaban J connectivity index is 2.97. The quantitative estimate of drug-likeness (QED) is 0.847. The van der Waals surface area contributed by atoms with Crippen LogP contribution < -0.4 is 10.1 Å². The highest BCUT2D eigenvalue weighted by atomic mass is 35.5. The van der Waals surface area contributed by atoms with Crippen molar-refractivity contribution in [2.24, 2.45) is 0 Å². The van der Waals surface area contributed by atoms with Gasteiger partial charge in [0.1, 0.15) is 5.75 Å². The van der Waals surface area contributed by atoms with Crippen molar-refractivity contribution in [1.82, 2.24) is 5.32 Å². The fourth-order valence-corrected chi connectivity index (χ4v) is 1.60. The van der Waals surface area contributed by atoms with Crippen LogP contribution >= 0.6 is 11.6 Å². The molecule has 0 saturated heterocycles. The van der Waals surface area contributed by atoms with Crippen molar-refractivity contribution in [3.63, 3.8) is 0 Å². The molecule has 0 amide bonds. The van der Waals surface area contributed by atoms with Crippen LogP contribution in [0.25, 0.3) is 0 Å². The molecule has 3 heteroatoms. The van der Waals surface area contributed by atoms with E-state index in [-0.39, 0.29) is 12.1 Å². The summed E-state index contributed by atoms with van der Waals surface area (Å²) in [5.41, 5.74) is 1.11. The van der Waals surface area contributed by atoms with Gasteiger partial charge < -0.3 is 10.1 Å². The van der Waals surface area contributed by atoms with E-state index in [0.29, 0.717) is 0 Å². The molecule has 1 aromatic rings. The monoisotopic (exact) mass is 241 g/mol. The molecule has 16 heavy (non-hydrogen) atoms. The normalized spacial score (nSPS) is 14.6. The maximum atomic E-state index is 6.00. The number of hydrogen-bond donors (Lipinski definition) is 1. The van der Waals surface area contributed by atoms with E-state index in [1.54, 1.807) is 0 Å². The van der Waals surface area contributed by atoms with E-state index in [4.69, 9.17) is 16.3 Å². The third-order valence-electron chi connectivity index (χ3n) is 2.77. The van der Waals surface area contributed by atoms with Crippen LogP contribution in [0.4, 0.5) is 0 Å². The van der Waals surface area contributed by atoms with Crippen LogP contribution in [0.2, 0.25) is 5.02 Å². The first-order valence-electron chi connectivity index (χ1n) is 5.71. The lowest BCUT2D eigenvalue weighted by atomic mass is 10.1. The van der Waals surface area contributed by atoms with Gasteiger partial charge in [0.15, 0.2) is 0 Å². The number of nitrogens with one attached hydrogen (secondary N) is 1. The van der Waals surface area contributed by atoms with Crippen LogP contribution in [0.1, 0.15) is 38.8 Å². The van der Waals surface area contributed by atoms with E-state index >= 15 is 0 Å². The summed E-state index contributed by atoms with van der Waals surface area (Å²) < 4.78 is 5.87. The second-order valence-corrected chi connectivity index (χ2v) is 4.47. The van der Waals surface area contributed by atoms with Gasteiger partial charge in [0.2, 0.25) is 0 Å². The third kappa shape index (κ3) is 3.39. The highest BCUT2D eigenvalue weighted by Gasteiger charge is 2.12. The molecule has 1 rings (SSSR count). The number of hydrogen-bond acceptors (Lipinski definition) is 2. The lowest BCUT2D eigenvalue weighted by Crippen LogP contribution is -2.16. The highest BCUT2D eigenvalue weighted by molar-refractivity contribution is 6.30. The van der Waals surface area contributed by atoms with Crippen LogP contribution in [0.15, 0.2) is 18.2 Å². The molecule has 0 aliphatic rings. The van der Waals surface area contributed by atoms with Crippen LogP contribution in [-0.2, 0) is 0 Å². The van der Waals surface area contributed by atoms with Crippen molar-refractivity contribution < 1.29 is 4.74 Å². The van der Waals surface area contributed by atoms with E-state index < -0.39 is 0 Å². The third-order valence-corrected chi connectivity index (χ3v) is 3.01. The molecule has 0 spiro atoms. The Morgan fingerprint density at radius 2 is 2.06 bits per heavy atom. The summed E-state index contributed by atoms with van der Waals surface area (Å²) in [4.78, 5) is 0. The van der Waals surface area contributed by atoms with Gasteiger partial charge in [-0.05, 0) is 45.5 Å². The number of benzene rings is 1. The molecule has 2 unspecified atom stereocenters. The molecule has 0 heterocycles. The summed E-state index contributed by atoms with van der Waals surface area (Å²) in [5.74, 6) is 0.917. The molecular formula is C13H20ClNO. The summed E-state index contributed by atoms with van der Waals surface area (Å²) in [6, 6.07) is 6.00. The molecule has 1 aromatic carbocycles. The molecule has 0 fully saturated rings. The van der Waals surface area contributed by atoms with Gasteiger partial charge in [0.25, 0.3) is 0 Å². The molecule has 0 saturated carbocycles. The average molecular weight is 242 g/mol. The molecule has 0 bridgehead atoms. The predicted octanol–water partition coefficient (Wildman–Crippen LogP) is 3.80. The van der Waals surface area contributed by atoms with Gasteiger partial charge in [-0.1, -0.05) is 18.5 Å². The predicted molar refractivity (Wildman–Crippen MR) is 69.3 cm³/mol. The summed E-state index contributed by atoms with van der Waals surface area (Å²) in [7, 11) is 1.93. The van der Waals surface area contributed by atoms with Crippen molar-refractivity contribution in [1.29, 1.82) is 0 Å². The van der Waals surface area contributed by atoms with Crippen molar-refractivity contribution in [3.8, 4) is 5.75 Å². The van der Waals surface area contributed by atoms with E-state index in [1.807, 2.05) is 25.2 Å². The zero-order valence-electron chi connectivity index (χ0n) is 10.4. The Morgan fingerprint density at radius 3 is 2.62 bits per heavy atom. The topological polar surface area (TPSA) is 21.3 Å². The summed E-state index contributed by atoms with van der Waals surface area (Å²) >= 11 is 6.00.